The lowest BCUT2D eigenvalue weighted by Crippen LogP contribution is -2.45. The molecule has 1 N–H and O–H groups in total. The molecule has 0 aromatic carbocycles. The normalized spacial score (nSPS) is 18.8. The number of nitrogens with zero attached hydrogens (tertiary/aromatic N) is 5. The molecule has 2 aromatic heterocycles. The van der Waals surface area contributed by atoms with Gasteiger partial charge in [0.25, 0.3) is 0 Å². The molecule has 0 aliphatic carbocycles. The van der Waals surface area contributed by atoms with E-state index in [2.05, 4.69) is 15.5 Å². The number of carbonyl (C=O) groups excluding carboxylic acids is 1. The summed E-state index contributed by atoms with van der Waals surface area (Å²) in [6.07, 6.45) is 5.85. The Labute approximate surface area is 153 Å². The molecule has 26 heavy (non-hydrogen) atoms. The Balaban J connectivity index is 1.63. The van der Waals surface area contributed by atoms with Gasteiger partial charge in [0.1, 0.15) is 4.90 Å². The molecule has 0 radical (unpaired) electrons. The Morgan fingerprint density at radius 3 is 2.88 bits per heavy atom. The van der Waals surface area contributed by atoms with Crippen LogP contribution in [0.1, 0.15) is 25.5 Å². The SMILES string of the molecule is CCn1nccc1CNC(=O)[C@H]1CCCN(S(=O)(=O)c2cnn(C)c2)C1. The Morgan fingerprint density at radius 2 is 2.19 bits per heavy atom. The zero-order chi connectivity index (χ0) is 18.7. The standard InChI is InChI=1S/C16H24N6O3S/c1-3-22-14(6-7-18-22)9-17-16(23)13-5-4-8-21(11-13)26(24,25)15-10-19-20(2)12-15/h6-7,10,12-13H,3-5,8-9,11H2,1-2H3,(H,17,23)/t13-/m0/s1. The summed E-state index contributed by atoms with van der Waals surface area (Å²) in [4.78, 5) is 12.7. The molecule has 0 spiro atoms. The molecule has 3 rings (SSSR count). The first kappa shape index (κ1) is 18.6. The predicted molar refractivity (Wildman–Crippen MR) is 94.4 cm³/mol. The van der Waals surface area contributed by atoms with E-state index < -0.39 is 10.0 Å². The molecule has 1 fully saturated rings. The fraction of sp³-hybridized carbons (Fsp3) is 0.562. The van der Waals surface area contributed by atoms with Gasteiger partial charge in [-0.15, -0.1) is 0 Å². The smallest absolute Gasteiger partial charge is 0.246 e. The zero-order valence-corrected chi connectivity index (χ0v) is 15.8. The first-order chi connectivity index (χ1) is 12.4. The van der Waals surface area contributed by atoms with Gasteiger partial charge in [-0.3, -0.25) is 14.2 Å². The van der Waals surface area contributed by atoms with E-state index in [1.54, 1.807) is 13.2 Å². The molecular formula is C16H24N6O3S. The van der Waals surface area contributed by atoms with Crippen molar-refractivity contribution in [3.05, 3.63) is 30.4 Å². The van der Waals surface area contributed by atoms with Crippen LogP contribution in [0, 0.1) is 5.92 Å². The lowest BCUT2D eigenvalue weighted by Gasteiger charge is -2.30. The van der Waals surface area contributed by atoms with Crippen LogP contribution < -0.4 is 5.32 Å². The lowest BCUT2D eigenvalue weighted by molar-refractivity contribution is -0.126. The Bertz CT molecular complexity index is 872. The highest BCUT2D eigenvalue weighted by atomic mass is 32.2. The second-order valence-electron chi connectivity index (χ2n) is 6.41. The first-order valence-electron chi connectivity index (χ1n) is 8.69. The highest BCUT2D eigenvalue weighted by molar-refractivity contribution is 7.89. The summed E-state index contributed by atoms with van der Waals surface area (Å²) >= 11 is 0. The van der Waals surface area contributed by atoms with Crippen molar-refractivity contribution < 1.29 is 13.2 Å². The third-order valence-corrected chi connectivity index (χ3v) is 6.44. The number of hydrogen-bond donors (Lipinski definition) is 1. The van der Waals surface area contributed by atoms with Crippen LogP contribution in [-0.2, 0) is 35.0 Å². The van der Waals surface area contributed by atoms with E-state index >= 15 is 0 Å². The Kier molecular flexibility index (Phi) is 5.42. The summed E-state index contributed by atoms with van der Waals surface area (Å²) < 4.78 is 30.1. The molecule has 1 atom stereocenters. The van der Waals surface area contributed by atoms with Gasteiger partial charge in [0.2, 0.25) is 15.9 Å². The summed E-state index contributed by atoms with van der Waals surface area (Å²) in [6.45, 7) is 3.72. The van der Waals surface area contributed by atoms with Crippen LogP contribution in [-0.4, -0.2) is 51.3 Å². The molecule has 2 aromatic rings. The molecule has 1 saturated heterocycles. The second kappa shape index (κ2) is 7.58. The number of sulfonamides is 1. The van der Waals surface area contributed by atoms with Crippen LogP contribution in [0.25, 0.3) is 0 Å². The van der Waals surface area contributed by atoms with E-state index in [0.29, 0.717) is 25.9 Å². The van der Waals surface area contributed by atoms with E-state index in [4.69, 9.17) is 0 Å². The van der Waals surface area contributed by atoms with Gasteiger partial charge in [0.15, 0.2) is 0 Å². The number of aryl methyl sites for hydroxylation is 2. The van der Waals surface area contributed by atoms with Crippen LogP contribution >= 0.6 is 0 Å². The van der Waals surface area contributed by atoms with Crippen molar-refractivity contribution in [3.8, 4) is 0 Å². The van der Waals surface area contributed by atoms with Gasteiger partial charge < -0.3 is 5.32 Å². The lowest BCUT2D eigenvalue weighted by atomic mass is 9.99. The number of aromatic nitrogens is 4. The summed E-state index contributed by atoms with van der Waals surface area (Å²) in [6, 6.07) is 1.86. The van der Waals surface area contributed by atoms with Gasteiger partial charge in [-0.1, -0.05) is 0 Å². The van der Waals surface area contributed by atoms with Gasteiger partial charge in [-0.25, -0.2) is 8.42 Å². The molecule has 9 nitrogen and oxygen atoms in total. The topological polar surface area (TPSA) is 102 Å². The van der Waals surface area contributed by atoms with E-state index in [-0.39, 0.29) is 23.3 Å². The third kappa shape index (κ3) is 3.80. The van der Waals surface area contributed by atoms with E-state index in [9.17, 15) is 13.2 Å². The number of amides is 1. The summed E-state index contributed by atoms with van der Waals surface area (Å²) in [5.74, 6) is -0.479. The molecule has 1 aliphatic rings. The van der Waals surface area contributed by atoms with E-state index in [0.717, 1.165) is 12.2 Å². The highest BCUT2D eigenvalue weighted by Gasteiger charge is 2.33. The van der Waals surface area contributed by atoms with E-state index in [1.165, 1.54) is 21.4 Å². The van der Waals surface area contributed by atoms with Crippen molar-refractivity contribution in [1.29, 1.82) is 0 Å². The zero-order valence-electron chi connectivity index (χ0n) is 15.0. The number of nitrogens with one attached hydrogen (secondary N) is 1. The largest absolute Gasteiger partial charge is 0.350 e. The van der Waals surface area contributed by atoms with Crippen LogP contribution in [0.15, 0.2) is 29.6 Å². The minimum Gasteiger partial charge on any atom is -0.350 e. The molecule has 1 aliphatic heterocycles. The first-order valence-corrected chi connectivity index (χ1v) is 10.1. The fourth-order valence-corrected chi connectivity index (χ4v) is 4.68. The summed E-state index contributed by atoms with van der Waals surface area (Å²) in [5.41, 5.74) is 0.927. The molecule has 10 heteroatoms. The fourth-order valence-electron chi connectivity index (χ4n) is 3.17. The number of piperidine rings is 1. The number of rotatable bonds is 6. The minimum atomic E-state index is -3.62. The van der Waals surface area contributed by atoms with Crippen molar-refractivity contribution in [2.45, 2.75) is 37.8 Å². The van der Waals surface area contributed by atoms with Crippen LogP contribution in [0.2, 0.25) is 0 Å². The van der Waals surface area contributed by atoms with Crippen molar-refractivity contribution >= 4 is 15.9 Å². The van der Waals surface area contributed by atoms with Crippen molar-refractivity contribution in [1.82, 2.24) is 29.2 Å². The molecule has 0 saturated carbocycles. The molecule has 142 valence electrons. The maximum absolute atomic E-state index is 12.7. The highest BCUT2D eigenvalue weighted by Crippen LogP contribution is 2.23. The molecule has 1 amide bonds. The minimum absolute atomic E-state index is 0.125. The Morgan fingerprint density at radius 1 is 1.38 bits per heavy atom. The van der Waals surface area contributed by atoms with Gasteiger partial charge in [-0.05, 0) is 25.8 Å². The summed E-state index contributed by atoms with van der Waals surface area (Å²) in [5, 5.41) is 11.0. The quantitative estimate of drug-likeness (QED) is 0.779. The Hall–Kier alpha value is -2.20. The molecule has 0 unspecified atom stereocenters. The monoisotopic (exact) mass is 380 g/mol. The van der Waals surface area contributed by atoms with Gasteiger partial charge in [-0.2, -0.15) is 14.5 Å². The second-order valence-corrected chi connectivity index (χ2v) is 8.35. The van der Waals surface area contributed by atoms with Crippen LogP contribution in [0.3, 0.4) is 0 Å². The average Bonchev–Trinajstić information content (AvgIpc) is 3.28. The van der Waals surface area contributed by atoms with Gasteiger partial charge in [0, 0.05) is 39.1 Å². The van der Waals surface area contributed by atoms with Gasteiger partial charge >= 0.3 is 0 Å². The van der Waals surface area contributed by atoms with Crippen LogP contribution in [0.4, 0.5) is 0 Å². The van der Waals surface area contributed by atoms with Crippen molar-refractivity contribution in [2.75, 3.05) is 13.1 Å². The van der Waals surface area contributed by atoms with Crippen molar-refractivity contribution in [3.63, 3.8) is 0 Å². The predicted octanol–water partition coefficient (Wildman–Crippen LogP) is 0.354. The van der Waals surface area contributed by atoms with Crippen molar-refractivity contribution in [2.24, 2.45) is 13.0 Å². The maximum Gasteiger partial charge on any atom is 0.246 e. The third-order valence-electron chi connectivity index (χ3n) is 4.62. The van der Waals surface area contributed by atoms with Crippen LogP contribution in [0.5, 0.6) is 0 Å². The number of hydrogen-bond acceptors (Lipinski definition) is 5. The van der Waals surface area contributed by atoms with E-state index in [1.807, 2.05) is 17.7 Å². The maximum atomic E-state index is 12.7. The van der Waals surface area contributed by atoms with Gasteiger partial charge in [0.05, 0.1) is 24.4 Å². The summed E-state index contributed by atoms with van der Waals surface area (Å²) in [7, 11) is -1.95. The molecule has 3 heterocycles. The molecule has 0 bridgehead atoms. The average molecular weight is 380 g/mol. The molecular weight excluding hydrogens is 356 g/mol. The number of carbonyl (C=O) groups is 1.